The van der Waals surface area contributed by atoms with E-state index in [0.717, 1.165) is 43.3 Å². The van der Waals surface area contributed by atoms with Crippen LogP contribution in [0.3, 0.4) is 0 Å². The number of sulfonamides is 1. The molecule has 1 amide bonds. The van der Waals surface area contributed by atoms with Crippen LogP contribution in [0.4, 0.5) is 5.69 Å². The van der Waals surface area contributed by atoms with Crippen molar-refractivity contribution in [2.24, 2.45) is 17.3 Å². The lowest BCUT2D eigenvalue weighted by Crippen LogP contribution is -2.46. The largest absolute Gasteiger partial charge is 0.477 e. The first-order chi connectivity index (χ1) is 15.3. The van der Waals surface area contributed by atoms with E-state index in [-0.39, 0.29) is 28.7 Å². The zero-order chi connectivity index (χ0) is 24.6. The summed E-state index contributed by atoms with van der Waals surface area (Å²) < 4.78 is 25.6. The maximum Gasteiger partial charge on any atom is 0.348 e. The van der Waals surface area contributed by atoms with Gasteiger partial charge in [-0.3, -0.25) is 4.79 Å². The SMILES string of the molecule is CC(C)(C)C#Cc1cc(N(C(=O)[C@H]2CC[C@H](C)CC2)[C@H]2CCN(S(C)(=O)=O)C2)c(C(=O)O)s1. The molecule has 7 nitrogen and oxygen atoms in total. The quantitative estimate of drug-likeness (QED) is 0.624. The van der Waals surface area contributed by atoms with E-state index in [0.29, 0.717) is 29.4 Å². The zero-order valence-electron chi connectivity index (χ0n) is 20.1. The van der Waals surface area contributed by atoms with E-state index in [1.165, 1.54) is 4.31 Å². The van der Waals surface area contributed by atoms with Gasteiger partial charge in [-0.2, -0.15) is 0 Å². The molecule has 0 radical (unpaired) electrons. The molecule has 2 heterocycles. The highest BCUT2D eigenvalue weighted by Crippen LogP contribution is 2.38. The highest BCUT2D eigenvalue weighted by Gasteiger charge is 2.40. The molecular weight excluding hydrogens is 460 g/mol. The van der Waals surface area contributed by atoms with Crippen LogP contribution in [-0.2, 0) is 14.8 Å². The molecule has 1 saturated carbocycles. The van der Waals surface area contributed by atoms with Gasteiger partial charge in [-0.15, -0.1) is 11.3 Å². The summed E-state index contributed by atoms with van der Waals surface area (Å²) in [6.07, 6.45) is 5.09. The van der Waals surface area contributed by atoms with Crippen molar-refractivity contribution in [3.8, 4) is 11.8 Å². The molecule has 1 saturated heterocycles. The number of hydrogen-bond donors (Lipinski definition) is 1. The van der Waals surface area contributed by atoms with Crippen molar-refractivity contribution in [3.63, 3.8) is 0 Å². The maximum atomic E-state index is 13.8. The maximum absolute atomic E-state index is 13.8. The van der Waals surface area contributed by atoms with Crippen molar-refractivity contribution >= 4 is 38.9 Å². The van der Waals surface area contributed by atoms with Gasteiger partial charge in [0.25, 0.3) is 0 Å². The number of carbonyl (C=O) groups excluding carboxylic acids is 1. The molecule has 0 bridgehead atoms. The second-order valence-electron chi connectivity index (χ2n) is 10.4. The van der Waals surface area contributed by atoms with Crippen LogP contribution in [0.15, 0.2) is 6.07 Å². The summed E-state index contributed by atoms with van der Waals surface area (Å²) in [5.74, 6) is 5.38. The Morgan fingerprint density at radius 1 is 1.18 bits per heavy atom. The van der Waals surface area contributed by atoms with Gasteiger partial charge >= 0.3 is 5.97 Å². The fourth-order valence-electron chi connectivity index (χ4n) is 4.45. The first-order valence-electron chi connectivity index (χ1n) is 11.4. The summed E-state index contributed by atoms with van der Waals surface area (Å²) in [4.78, 5) is 28.2. The number of carbonyl (C=O) groups is 2. The van der Waals surface area contributed by atoms with Crippen LogP contribution in [0.2, 0.25) is 0 Å². The number of rotatable bonds is 5. The van der Waals surface area contributed by atoms with E-state index in [1.54, 1.807) is 11.0 Å². The molecule has 1 N–H and O–H groups in total. The molecule has 33 heavy (non-hydrogen) atoms. The molecule has 1 atom stereocenters. The second kappa shape index (κ2) is 9.77. The van der Waals surface area contributed by atoms with Crippen molar-refractivity contribution in [3.05, 3.63) is 15.8 Å². The van der Waals surface area contributed by atoms with Gasteiger partial charge in [-0.1, -0.05) is 18.8 Å². The third-order valence-electron chi connectivity index (χ3n) is 6.29. The van der Waals surface area contributed by atoms with Crippen molar-refractivity contribution in [2.45, 2.75) is 65.8 Å². The van der Waals surface area contributed by atoms with Gasteiger partial charge in [-0.25, -0.2) is 17.5 Å². The Balaban J connectivity index is 2.03. The van der Waals surface area contributed by atoms with Crippen LogP contribution in [0.25, 0.3) is 0 Å². The van der Waals surface area contributed by atoms with E-state index in [2.05, 4.69) is 18.8 Å². The molecule has 9 heteroatoms. The molecular formula is C24H34N2O5S2. The lowest BCUT2D eigenvalue weighted by Gasteiger charge is -2.34. The van der Waals surface area contributed by atoms with Crippen molar-refractivity contribution in [1.29, 1.82) is 0 Å². The number of carboxylic acids is 1. The fraction of sp³-hybridized carbons (Fsp3) is 0.667. The Labute approximate surface area is 201 Å². The predicted molar refractivity (Wildman–Crippen MR) is 131 cm³/mol. The first-order valence-corrected chi connectivity index (χ1v) is 14.1. The molecule has 0 aromatic carbocycles. The number of nitrogens with zero attached hydrogens (tertiary/aromatic N) is 2. The Hall–Kier alpha value is -1.89. The van der Waals surface area contributed by atoms with Crippen LogP contribution in [0.5, 0.6) is 0 Å². The van der Waals surface area contributed by atoms with Gasteiger partial charge in [-0.05, 0) is 64.9 Å². The van der Waals surface area contributed by atoms with Crippen LogP contribution in [0.1, 0.15) is 74.3 Å². The Morgan fingerprint density at radius 3 is 2.33 bits per heavy atom. The molecule has 1 aromatic heterocycles. The standard InChI is InChI=1S/C24H34N2O5S2/c1-16-6-8-17(9-7-16)22(27)26(18-11-13-25(15-18)33(5,30)31)20-14-19(10-12-24(2,3)4)32-21(20)23(28)29/h14,16-18H,6-9,11,13,15H2,1-5H3,(H,28,29)/t16-,17-,18-/m0/s1. The molecule has 1 aromatic rings. The summed E-state index contributed by atoms with van der Waals surface area (Å²) >= 11 is 1.07. The normalized spacial score (nSPS) is 24.2. The third-order valence-corrected chi connectivity index (χ3v) is 8.59. The van der Waals surface area contributed by atoms with Crippen LogP contribution < -0.4 is 4.90 Å². The first kappa shape index (κ1) is 25.7. The summed E-state index contributed by atoms with van der Waals surface area (Å²) in [5.41, 5.74) is 0.0955. The van der Waals surface area contributed by atoms with E-state index in [4.69, 9.17) is 0 Å². The molecule has 2 fully saturated rings. The monoisotopic (exact) mass is 494 g/mol. The number of thiophene rings is 1. The number of anilines is 1. The van der Waals surface area contributed by atoms with Gasteiger partial charge in [0.15, 0.2) is 0 Å². The number of aromatic carboxylic acids is 1. The smallest absolute Gasteiger partial charge is 0.348 e. The molecule has 0 unspecified atom stereocenters. The topological polar surface area (TPSA) is 95.0 Å². The van der Waals surface area contributed by atoms with Gasteiger partial charge in [0.1, 0.15) is 4.88 Å². The molecule has 0 spiro atoms. The summed E-state index contributed by atoms with van der Waals surface area (Å²) in [6.45, 7) is 8.60. The zero-order valence-corrected chi connectivity index (χ0v) is 21.7. The second-order valence-corrected chi connectivity index (χ2v) is 13.4. The van der Waals surface area contributed by atoms with Crippen LogP contribution in [-0.4, -0.2) is 55.1 Å². The van der Waals surface area contributed by atoms with E-state index >= 15 is 0 Å². The Kier molecular flexibility index (Phi) is 7.62. The fourth-order valence-corrected chi connectivity index (χ4v) is 6.17. The van der Waals surface area contributed by atoms with Gasteiger partial charge < -0.3 is 10.0 Å². The highest BCUT2D eigenvalue weighted by atomic mass is 32.2. The average Bonchev–Trinajstić information content (AvgIpc) is 3.34. The minimum atomic E-state index is -3.40. The third kappa shape index (κ3) is 6.37. The van der Waals surface area contributed by atoms with Gasteiger partial charge in [0, 0.05) is 24.4 Å². The molecule has 3 rings (SSSR count). The van der Waals surface area contributed by atoms with Crippen LogP contribution in [0, 0.1) is 29.1 Å². The van der Waals surface area contributed by atoms with Gasteiger partial charge in [0.2, 0.25) is 15.9 Å². The average molecular weight is 495 g/mol. The summed E-state index contributed by atoms with van der Waals surface area (Å²) in [5, 5.41) is 9.92. The highest BCUT2D eigenvalue weighted by molar-refractivity contribution is 7.88. The van der Waals surface area contributed by atoms with E-state index in [1.807, 2.05) is 20.8 Å². The van der Waals surface area contributed by atoms with Crippen molar-refractivity contribution < 1.29 is 23.1 Å². The number of amides is 1. The Bertz CT molecular complexity index is 1070. The van der Waals surface area contributed by atoms with Crippen molar-refractivity contribution in [2.75, 3.05) is 24.2 Å². The van der Waals surface area contributed by atoms with Crippen molar-refractivity contribution in [1.82, 2.24) is 4.31 Å². The summed E-state index contributed by atoms with van der Waals surface area (Å²) in [7, 11) is -3.40. The van der Waals surface area contributed by atoms with Crippen LogP contribution >= 0.6 is 11.3 Å². The molecule has 1 aliphatic heterocycles. The molecule has 2 aliphatic rings. The lowest BCUT2D eigenvalue weighted by atomic mass is 9.82. The molecule has 182 valence electrons. The van der Waals surface area contributed by atoms with Gasteiger partial charge in [0.05, 0.1) is 22.9 Å². The van der Waals surface area contributed by atoms with E-state index < -0.39 is 22.0 Å². The Morgan fingerprint density at radius 2 is 1.82 bits per heavy atom. The molecule has 1 aliphatic carbocycles. The minimum absolute atomic E-state index is 0.0727. The van der Waals surface area contributed by atoms with E-state index in [9.17, 15) is 23.1 Å². The predicted octanol–water partition coefficient (Wildman–Crippen LogP) is 4.04. The summed E-state index contributed by atoms with van der Waals surface area (Å²) in [6, 6.07) is 1.29. The number of carboxylic acid groups (broad SMARTS) is 1. The number of hydrogen-bond acceptors (Lipinski definition) is 5. The lowest BCUT2D eigenvalue weighted by molar-refractivity contribution is -0.124. The minimum Gasteiger partial charge on any atom is -0.477 e.